The molecule has 18 heavy (non-hydrogen) atoms. The summed E-state index contributed by atoms with van der Waals surface area (Å²) in [5.74, 6) is -0.290. The zero-order valence-electron chi connectivity index (χ0n) is 10.5. The molecule has 0 heterocycles. The van der Waals surface area contributed by atoms with Crippen molar-refractivity contribution >= 4 is 15.9 Å². The Morgan fingerprint density at radius 1 is 1.44 bits per heavy atom. The van der Waals surface area contributed by atoms with Crippen LogP contribution in [0.15, 0.2) is 29.2 Å². The smallest absolute Gasteiger partial charge is 0.251 e. The van der Waals surface area contributed by atoms with Gasteiger partial charge in [-0.1, -0.05) is 19.4 Å². The normalized spacial score (nSPS) is 13.1. The van der Waals surface area contributed by atoms with E-state index >= 15 is 0 Å². The Kier molecular flexibility index (Phi) is 4.86. The molecule has 0 aliphatic rings. The van der Waals surface area contributed by atoms with Gasteiger partial charge in [-0.25, -0.2) is 13.6 Å². The monoisotopic (exact) mass is 270 g/mol. The van der Waals surface area contributed by atoms with Crippen molar-refractivity contribution in [1.82, 2.24) is 5.32 Å². The van der Waals surface area contributed by atoms with Crippen LogP contribution < -0.4 is 10.5 Å². The van der Waals surface area contributed by atoms with Gasteiger partial charge in [0.2, 0.25) is 10.0 Å². The van der Waals surface area contributed by atoms with E-state index in [2.05, 4.69) is 5.32 Å². The third kappa shape index (κ3) is 4.12. The molecule has 0 aliphatic heterocycles. The van der Waals surface area contributed by atoms with Crippen LogP contribution in [-0.2, 0) is 10.0 Å². The number of hydrogen-bond donors (Lipinski definition) is 2. The topological polar surface area (TPSA) is 89.3 Å². The van der Waals surface area contributed by atoms with E-state index in [1.807, 2.05) is 13.8 Å². The number of rotatable bonds is 5. The Morgan fingerprint density at radius 2 is 2.11 bits per heavy atom. The van der Waals surface area contributed by atoms with E-state index in [9.17, 15) is 13.2 Å². The van der Waals surface area contributed by atoms with Crippen LogP contribution in [0.4, 0.5) is 0 Å². The van der Waals surface area contributed by atoms with E-state index in [-0.39, 0.29) is 16.8 Å². The second kappa shape index (κ2) is 5.97. The molecule has 0 saturated carbocycles. The predicted molar refractivity (Wildman–Crippen MR) is 69.7 cm³/mol. The molecule has 1 aromatic carbocycles. The summed E-state index contributed by atoms with van der Waals surface area (Å²) >= 11 is 0. The molecule has 1 unspecified atom stereocenters. The third-order valence-electron chi connectivity index (χ3n) is 2.52. The summed E-state index contributed by atoms with van der Waals surface area (Å²) in [6.45, 7) is 3.94. The summed E-state index contributed by atoms with van der Waals surface area (Å²) in [6, 6.07) is 5.76. The Bertz CT molecular complexity index is 526. The number of nitrogens with one attached hydrogen (secondary N) is 1. The summed E-state index contributed by atoms with van der Waals surface area (Å²) in [5, 5.41) is 7.82. The molecule has 0 spiro atoms. The van der Waals surface area contributed by atoms with Crippen molar-refractivity contribution in [2.75, 3.05) is 0 Å². The number of carbonyl (C=O) groups excluding carboxylic acids is 1. The summed E-state index contributed by atoms with van der Waals surface area (Å²) in [5.41, 5.74) is 0.296. The number of hydrogen-bond acceptors (Lipinski definition) is 3. The number of sulfonamides is 1. The van der Waals surface area contributed by atoms with Crippen LogP contribution in [0.2, 0.25) is 0 Å². The van der Waals surface area contributed by atoms with Crippen molar-refractivity contribution < 1.29 is 13.2 Å². The Morgan fingerprint density at radius 3 is 2.67 bits per heavy atom. The van der Waals surface area contributed by atoms with Crippen molar-refractivity contribution in [3.05, 3.63) is 29.8 Å². The van der Waals surface area contributed by atoms with Gasteiger partial charge in [0.05, 0.1) is 4.90 Å². The van der Waals surface area contributed by atoms with Gasteiger partial charge in [0.1, 0.15) is 0 Å². The zero-order valence-corrected chi connectivity index (χ0v) is 11.3. The van der Waals surface area contributed by atoms with Crippen molar-refractivity contribution in [2.45, 2.75) is 37.6 Å². The van der Waals surface area contributed by atoms with E-state index < -0.39 is 10.0 Å². The minimum Gasteiger partial charge on any atom is -0.350 e. The van der Waals surface area contributed by atoms with E-state index in [0.29, 0.717) is 5.56 Å². The molecular formula is C12H18N2O3S. The van der Waals surface area contributed by atoms with Crippen molar-refractivity contribution in [3.63, 3.8) is 0 Å². The molecule has 6 heteroatoms. The number of benzene rings is 1. The highest BCUT2D eigenvalue weighted by Gasteiger charge is 2.13. The average molecular weight is 270 g/mol. The first-order valence-corrected chi connectivity index (χ1v) is 7.33. The second-order valence-corrected chi connectivity index (χ2v) is 5.80. The molecule has 100 valence electrons. The summed E-state index contributed by atoms with van der Waals surface area (Å²) in [4.78, 5) is 11.8. The van der Waals surface area contributed by atoms with Gasteiger partial charge in [-0.2, -0.15) is 0 Å². The maximum atomic E-state index is 11.9. The van der Waals surface area contributed by atoms with Crippen LogP contribution in [0, 0.1) is 0 Å². The van der Waals surface area contributed by atoms with Crippen molar-refractivity contribution in [1.29, 1.82) is 0 Å². The van der Waals surface area contributed by atoms with Gasteiger partial charge in [0.15, 0.2) is 0 Å². The second-order valence-electron chi connectivity index (χ2n) is 4.24. The standard InChI is InChI=1S/C12H18N2O3S/c1-3-5-9(2)14-12(15)10-6-4-7-11(8-10)18(13,16)17/h4,6-9H,3,5H2,1-2H3,(H,14,15)(H2,13,16,17). The van der Waals surface area contributed by atoms with Crippen LogP contribution in [0.25, 0.3) is 0 Å². The highest BCUT2D eigenvalue weighted by Crippen LogP contribution is 2.10. The molecule has 0 saturated heterocycles. The van der Waals surface area contributed by atoms with E-state index in [1.165, 1.54) is 18.2 Å². The van der Waals surface area contributed by atoms with E-state index in [1.54, 1.807) is 6.07 Å². The molecule has 3 N–H and O–H groups in total. The number of carbonyl (C=O) groups is 1. The lowest BCUT2D eigenvalue weighted by Gasteiger charge is -2.12. The fraction of sp³-hybridized carbons (Fsp3) is 0.417. The van der Waals surface area contributed by atoms with Gasteiger partial charge in [-0.3, -0.25) is 4.79 Å². The number of nitrogens with two attached hydrogens (primary N) is 1. The first-order chi connectivity index (χ1) is 8.34. The maximum absolute atomic E-state index is 11.9. The molecule has 1 aromatic rings. The molecule has 1 rings (SSSR count). The van der Waals surface area contributed by atoms with E-state index in [0.717, 1.165) is 12.8 Å². The van der Waals surface area contributed by atoms with Gasteiger partial charge >= 0.3 is 0 Å². The summed E-state index contributed by atoms with van der Waals surface area (Å²) < 4.78 is 22.4. The van der Waals surface area contributed by atoms with Crippen molar-refractivity contribution in [2.24, 2.45) is 5.14 Å². The SMILES string of the molecule is CCCC(C)NC(=O)c1cccc(S(N)(=O)=O)c1. The first-order valence-electron chi connectivity index (χ1n) is 5.78. The van der Waals surface area contributed by atoms with Crippen molar-refractivity contribution in [3.8, 4) is 0 Å². The van der Waals surface area contributed by atoms with Crippen LogP contribution in [-0.4, -0.2) is 20.4 Å². The Labute approximate surface area is 107 Å². The largest absolute Gasteiger partial charge is 0.350 e. The Balaban J connectivity index is 2.87. The predicted octanol–water partition coefficient (Wildman–Crippen LogP) is 1.25. The minimum absolute atomic E-state index is 0.0561. The first kappa shape index (κ1) is 14.7. The molecule has 1 atom stereocenters. The fourth-order valence-corrected chi connectivity index (χ4v) is 2.19. The molecule has 0 radical (unpaired) electrons. The van der Waals surface area contributed by atoms with Gasteiger partial charge in [-0.05, 0) is 31.5 Å². The summed E-state index contributed by atoms with van der Waals surface area (Å²) in [7, 11) is -3.78. The highest BCUT2D eigenvalue weighted by atomic mass is 32.2. The highest BCUT2D eigenvalue weighted by molar-refractivity contribution is 7.89. The van der Waals surface area contributed by atoms with Gasteiger partial charge in [0, 0.05) is 11.6 Å². The molecule has 0 fully saturated rings. The lowest BCUT2D eigenvalue weighted by atomic mass is 10.1. The summed E-state index contributed by atoms with van der Waals surface area (Å²) in [6.07, 6.45) is 1.85. The quantitative estimate of drug-likeness (QED) is 0.844. The zero-order chi connectivity index (χ0) is 13.8. The van der Waals surface area contributed by atoms with Crippen LogP contribution in [0.1, 0.15) is 37.0 Å². The maximum Gasteiger partial charge on any atom is 0.251 e. The third-order valence-corrected chi connectivity index (χ3v) is 3.43. The van der Waals surface area contributed by atoms with Crippen LogP contribution >= 0.6 is 0 Å². The molecular weight excluding hydrogens is 252 g/mol. The number of primary sulfonamides is 1. The van der Waals surface area contributed by atoms with Crippen LogP contribution in [0.5, 0.6) is 0 Å². The number of amides is 1. The van der Waals surface area contributed by atoms with Gasteiger partial charge in [-0.15, -0.1) is 0 Å². The fourth-order valence-electron chi connectivity index (χ4n) is 1.63. The Hall–Kier alpha value is -1.40. The van der Waals surface area contributed by atoms with Crippen LogP contribution in [0.3, 0.4) is 0 Å². The van der Waals surface area contributed by atoms with Gasteiger partial charge in [0.25, 0.3) is 5.91 Å². The molecule has 0 aromatic heterocycles. The molecule has 0 aliphatic carbocycles. The lowest BCUT2D eigenvalue weighted by molar-refractivity contribution is 0.0938. The van der Waals surface area contributed by atoms with E-state index in [4.69, 9.17) is 5.14 Å². The van der Waals surface area contributed by atoms with Gasteiger partial charge < -0.3 is 5.32 Å². The minimum atomic E-state index is -3.78. The molecule has 5 nitrogen and oxygen atoms in total. The lowest BCUT2D eigenvalue weighted by Crippen LogP contribution is -2.32. The molecule has 0 bridgehead atoms. The average Bonchev–Trinajstić information content (AvgIpc) is 2.28. The molecule has 1 amide bonds.